The van der Waals surface area contributed by atoms with Gasteiger partial charge in [0.25, 0.3) is 0 Å². The highest BCUT2D eigenvalue weighted by Gasteiger charge is 2.04. The van der Waals surface area contributed by atoms with Crippen molar-refractivity contribution in [2.45, 2.75) is 19.9 Å². The maximum Gasteiger partial charge on any atom is 0.223 e. The molecule has 2 rings (SSSR count). The molecule has 6 nitrogen and oxygen atoms in total. The van der Waals surface area contributed by atoms with E-state index < -0.39 is 0 Å². The quantitative estimate of drug-likeness (QED) is 0.767. The van der Waals surface area contributed by atoms with E-state index in [4.69, 9.17) is 9.26 Å². The summed E-state index contributed by atoms with van der Waals surface area (Å²) in [6.07, 6.45) is 0.683. The molecule has 0 atom stereocenters. The summed E-state index contributed by atoms with van der Waals surface area (Å²) in [6, 6.07) is 5.15. The van der Waals surface area contributed by atoms with E-state index in [0.717, 1.165) is 11.3 Å². The van der Waals surface area contributed by atoms with Crippen LogP contribution in [0.15, 0.2) is 22.7 Å². The van der Waals surface area contributed by atoms with E-state index in [-0.39, 0.29) is 5.75 Å². The zero-order valence-electron chi connectivity index (χ0n) is 11.0. The molecule has 19 heavy (non-hydrogen) atoms. The summed E-state index contributed by atoms with van der Waals surface area (Å²) in [7, 11) is 1.60. The van der Waals surface area contributed by atoms with Crippen LogP contribution in [0.4, 0.5) is 0 Å². The Kier molecular flexibility index (Phi) is 4.35. The first-order valence-electron chi connectivity index (χ1n) is 6.05. The average molecular weight is 263 g/mol. The molecule has 1 heterocycles. The Morgan fingerprint density at radius 3 is 2.95 bits per heavy atom. The van der Waals surface area contributed by atoms with Gasteiger partial charge in [-0.25, -0.2) is 0 Å². The summed E-state index contributed by atoms with van der Waals surface area (Å²) in [4.78, 5) is 4.11. The molecule has 0 aliphatic heterocycles. The second kappa shape index (κ2) is 6.19. The normalized spacial score (nSPS) is 10.6. The minimum atomic E-state index is 0.253. The Hall–Kier alpha value is -2.08. The van der Waals surface area contributed by atoms with Crippen molar-refractivity contribution in [3.63, 3.8) is 0 Å². The summed E-state index contributed by atoms with van der Waals surface area (Å²) in [5.74, 6) is 2.23. The maximum absolute atomic E-state index is 9.71. The van der Waals surface area contributed by atoms with Crippen molar-refractivity contribution in [2.75, 3.05) is 13.7 Å². The van der Waals surface area contributed by atoms with Gasteiger partial charge in [0.05, 0.1) is 7.11 Å². The Morgan fingerprint density at radius 2 is 2.26 bits per heavy atom. The van der Waals surface area contributed by atoms with Gasteiger partial charge in [-0.05, 0) is 18.2 Å². The Morgan fingerprint density at radius 1 is 1.42 bits per heavy atom. The molecule has 2 aromatic rings. The number of rotatable bonds is 6. The number of benzene rings is 1. The number of nitrogens with zero attached hydrogens (tertiary/aromatic N) is 2. The van der Waals surface area contributed by atoms with Crippen LogP contribution in [0.2, 0.25) is 0 Å². The van der Waals surface area contributed by atoms with Gasteiger partial charge < -0.3 is 19.7 Å². The van der Waals surface area contributed by atoms with E-state index in [1.165, 1.54) is 0 Å². The van der Waals surface area contributed by atoms with Crippen LogP contribution in [0, 0.1) is 6.92 Å². The van der Waals surface area contributed by atoms with Gasteiger partial charge in [0.15, 0.2) is 5.82 Å². The van der Waals surface area contributed by atoms with Crippen molar-refractivity contribution in [2.24, 2.45) is 0 Å². The standard InChI is InChI=1S/C13H17N3O3/c1-9-15-13(16-19-9)5-6-14-8-10-7-11(18-2)3-4-12(10)17/h3-4,7,14,17H,5-6,8H2,1-2H3. The highest BCUT2D eigenvalue weighted by atomic mass is 16.5. The first kappa shape index (κ1) is 13.4. The summed E-state index contributed by atoms with van der Waals surface area (Å²) < 4.78 is 10.0. The lowest BCUT2D eigenvalue weighted by atomic mass is 10.2. The molecule has 0 unspecified atom stereocenters. The Bertz CT molecular complexity index is 540. The lowest BCUT2D eigenvalue weighted by Crippen LogP contribution is -2.17. The van der Waals surface area contributed by atoms with Crippen LogP contribution in [-0.4, -0.2) is 28.9 Å². The van der Waals surface area contributed by atoms with Gasteiger partial charge in [-0.1, -0.05) is 5.16 Å². The first-order chi connectivity index (χ1) is 9.19. The van der Waals surface area contributed by atoms with Gasteiger partial charge >= 0.3 is 0 Å². The molecule has 1 aromatic heterocycles. The van der Waals surface area contributed by atoms with E-state index in [1.54, 1.807) is 32.2 Å². The molecule has 0 bridgehead atoms. The van der Waals surface area contributed by atoms with Crippen molar-refractivity contribution in [1.29, 1.82) is 0 Å². The van der Waals surface area contributed by atoms with Gasteiger partial charge in [-0.3, -0.25) is 0 Å². The number of hydrogen-bond acceptors (Lipinski definition) is 6. The molecular weight excluding hydrogens is 246 g/mol. The van der Waals surface area contributed by atoms with E-state index >= 15 is 0 Å². The van der Waals surface area contributed by atoms with Crippen LogP contribution in [0.5, 0.6) is 11.5 Å². The van der Waals surface area contributed by atoms with E-state index in [9.17, 15) is 5.11 Å². The molecular formula is C13H17N3O3. The molecule has 0 radical (unpaired) electrons. The van der Waals surface area contributed by atoms with Crippen LogP contribution in [0.1, 0.15) is 17.3 Å². The number of phenolic OH excluding ortho intramolecular Hbond substituents is 1. The second-order valence-electron chi connectivity index (χ2n) is 4.15. The number of methoxy groups -OCH3 is 1. The van der Waals surface area contributed by atoms with Crippen LogP contribution >= 0.6 is 0 Å². The molecule has 102 valence electrons. The van der Waals surface area contributed by atoms with Gasteiger partial charge in [-0.2, -0.15) is 4.98 Å². The monoisotopic (exact) mass is 263 g/mol. The third-order valence-electron chi connectivity index (χ3n) is 2.70. The summed E-state index contributed by atoms with van der Waals surface area (Å²) in [6.45, 7) is 3.02. The lowest BCUT2D eigenvalue weighted by molar-refractivity contribution is 0.386. The molecule has 0 fully saturated rings. The second-order valence-corrected chi connectivity index (χ2v) is 4.15. The van der Waals surface area contributed by atoms with Crippen molar-refractivity contribution in [1.82, 2.24) is 15.5 Å². The summed E-state index contributed by atoms with van der Waals surface area (Å²) in [5.41, 5.74) is 0.795. The average Bonchev–Trinajstić information content (AvgIpc) is 2.82. The molecule has 0 saturated carbocycles. The highest BCUT2D eigenvalue weighted by molar-refractivity contribution is 5.39. The van der Waals surface area contributed by atoms with Crippen molar-refractivity contribution >= 4 is 0 Å². The SMILES string of the molecule is COc1ccc(O)c(CNCCc2noc(C)n2)c1. The summed E-state index contributed by atoms with van der Waals surface area (Å²) in [5, 5.41) is 16.7. The highest BCUT2D eigenvalue weighted by Crippen LogP contribution is 2.22. The van der Waals surface area contributed by atoms with Crippen LogP contribution < -0.4 is 10.1 Å². The van der Waals surface area contributed by atoms with Gasteiger partial charge in [0.2, 0.25) is 5.89 Å². The minimum Gasteiger partial charge on any atom is -0.508 e. The first-order valence-corrected chi connectivity index (χ1v) is 6.05. The van der Waals surface area contributed by atoms with Crippen molar-refractivity contribution in [3.05, 3.63) is 35.5 Å². The van der Waals surface area contributed by atoms with Crippen molar-refractivity contribution < 1.29 is 14.4 Å². The van der Waals surface area contributed by atoms with E-state index in [1.807, 2.05) is 0 Å². The largest absolute Gasteiger partial charge is 0.508 e. The third kappa shape index (κ3) is 3.69. The van der Waals surface area contributed by atoms with Gasteiger partial charge in [0, 0.05) is 32.0 Å². The molecule has 0 saturated heterocycles. The van der Waals surface area contributed by atoms with Crippen LogP contribution in [0.25, 0.3) is 0 Å². The predicted octanol–water partition coefficient (Wildman–Crippen LogP) is 1.42. The fourth-order valence-corrected chi connectivity index (χ4v) is 1.70. The molecule has 0 spiro atoms. The molecule has 2 N–H and O–H groups in total. The number of aryl methyl sites for hydroxylation is 1. The van der Waals surface area contributed by atoms with Crippen LogP contribution in [-0.2, 0) is 13.0 Å². The predicted molar refractivity (Wildman–Crippen MR) is 69.1 cm³/mol. The fraction of sp³-hybridized carbons (Fsp3) is 0.385. The summed E-state index contributed by atoms with van der Waals surface area (Å²) >= 11 is 0. The Labute approximate surface area is 111 Å². The fourth-order valence-electron chi connectivity index (χ4n) is 1.70. The van der Waals surface area contributed by atoms with Crippen LogP contribution in [0.3, 0.4) is 0 Å². The third-order valence-corrected chi connectivity index (χ3v) is 2.70. The number of nitrogens with one attached hydrogen (secondary N) is 1. The lowest BCUT2D eigenvalue weighted by Gasteiger charge is -2.08. The number of phenols is 1. The maximum atomic E-state index is 9.71. The topological polar surface area (TPSA) is 80.4 Å². The molecule has 6 heteroatoms. The van der Waals surface area contributed by atoms with E-state index in [2.05, 4.69) is 15.5 Å². The Balaban J connectivity index is 1.82. The van der Waals surface area contributed by atoms with Gasteiger partial charge in [-0.15, -0.1) is 0 Å². The van der Waals surface area contributed by atoms with Crippen molar-refractivity contribution in [3.8, 4) is 11.5 Å². The number of hydrogen-bond donors (Lipinski definition) is 2. The molecule has 0 aliphatic rings. The zero-order valence-corrected chi connectivity index (χ0v) is 11.0. The van der Waals surface area contributed by atoms with Gasteiger partial charge in [0.1, 0.15) is 11.5 Å². The number of aromatic nitrogens is 2. The number of ether oxygens (including phenoxy) is 1. The molecule has 0 amide bonds. The smallest absolute Gasteiger partial charge is 0.223 e. The minimum absolute atomic E-state index is 0.253. The van der Waals surface area contributed by atoms with E-state index in [0.29, 0.717) is 31.2 Å². The molecule has 0 aliphatic carbocycles. The number of aromatic hydroxyl groups is 1. The zero-order chi connectivity index (χ0) is 13.7. The molecule has 1 aromatic carbocycles.